The molecule has 0 unspecified atom stereocenters. The van der Waals surface area contributed by atoms with Crippen LogP contribution >= 0.6 is 0 Å². The van der Waals surface area contributed by atoms with Crippen LogP contribution in [0.1, 0.15) is 22.5 Å². The standard InChI is InChI=1S/C14H14FN3O3/c1-9-8-12(18-21-9)17-13(19)6-7-16-14(20)10-4-2-3-5-11(10)15/h2-5,8H,6-7H2,1H3,(H,16,20)(H,17,18,19). The first-order valence-electron chi connectivity index (χ1n) is 6.32. The fraction of sp³-hybridized carbons (Fsp3) is 0.214. The molecule has 6 nitrogen and oxygen atoms in total. The number of aryl methyl sites for hydroxylation is 1. The third kappa shape index (κ3) is 4.13. The second-order valence-corrected chi connectivity index (χ2v) is 4.36. The van der Waals surface area contributed by atoms with Crippen LogP contribution in [0.4, 0.5) is 10.2 Å². The Morgan fingerprint density at radius 3 is 2.76 bits per heavy atom. The predicted octanol–water partition coefficient (Wildman–Crippen LogP) is 1.88. The van der Waals surface area contributed by atoms with Crippen LogP contribution in [0.3, 0.4) is 0 Å². The fourth-order valence-electron chi connectivity index (χ4n) is 1.66. The zero-order chi connectivity index (χ0) is 15.2. The summed E-state index contributed by atoms with van der Waals surface area (Å²) in [7, 11) is 0. The number of halogens is 1. The van der Waals surface area contributed by atoms with E-state index in [1.54, 1.807) is 19.1 Å². The lowest BCUT2D eigenvalue weighted by molar-refractivity contribution is -0.116. The van der Waals surface area contributed by atoms with E-state index in [1.807, 2.05) is 0 Å². The number of hydrogen-bond donors (Lipinski definition) is 2. The van der Waals surface area contributed by atoms with Crippen molar-refractivity contribution in [1.29, 1.82) is 0 Å². The Labute approximate surface area is 120 Å². The van der Waals surface area contributed by atoms with E-state index in [-0.39, 0.29) is 24.4 Å². The van der Waals surface area contributed by atoms with Crippen molar-refractivity contribution in [1.82, 2.24) is 10.5 Å². The molecule has 0 aliphatic rings. The van der Waals surface area contributed by atoms with Crippen molar-refractivity contribution >= 4 is 17.6 Å². The minimum absolute atomic E-state index is 0.0477. The first-order valence-corrected chi connectivity index (χ1v) is 6.32. The van der Waals surface area contributed by atoms with E-state index in [1.165, 1.54) is 18.2 Å². The summed E-state index contributed by atoms with van der Waals surface area (Å²) >= 11 is 0. The molecule has 1 heterocycles. The minimum Gasteiger partial charge on any atom is -0.360 e. The maximum Gasteiger partial charge on any atom is 0.254 e. The second kappa shape index (κ2) is 6.65. The molecule has 2 N–H and O–H groups in total. The zero-order valence-electron chi connectivity index (χ0n) is 11.4. The van der Waals surface area contributed by atoms with Gasteiger partial charge in [0.2, 0.25) is 5.91 Å². The molecule has 0 fully saturated rings. The van der Waals surface area contributed by atoms with E-state index in [9.17, 15) is 14.0 Å². The molecule has 1 aromatic carbocycles. The smallest absolute Gasteiger partial charge is 0.254 e. The van der Waals surface area contributed by atoms with Gasteiger partial charge in [-0.3, -0.25) is 9.59 Å². The van der Waals surface area contributed by atoms with E-state index < -0.39 is 11.7 Å². The number of aromatic nitrogens is 1. The van der Waals surface area contributed by atoms with Crippen LogP contribution in [0.25, 0.3) is 0 Å². The number of carbonyl (C=O) groups is 2. The number of nitrogens with zero attached hydrogens (tertiary/aromatic N) is 1. The van der Waals surface area contributed by atoms with Crippen LogP contribution in [0.15, 0.2) is 34.9 Å². The van der Waals surface area contributed by atoms with Crippen molar-refractivity contribution in [2.24, 2.45) is 0 Å². The van der Waals surface area contributed by atoms with E-state index in [4.69, 9.17) is 4.52 Å². The lowest BCUT2D eigenvalue weighted by Gasteiger charge is -2.05. The number of carbonyl (C=O) groups excluding carboxylic acids is 2. The van der Waals surface area contributed by atoms with Crippen LogP contribution in [-0.4, -0.2) is 23.5 Å². The van der Waals surface area contributed by atoms with E-state index in [0.29, 0.717) is 11.6 Å². The number of rotatable bonds is 5. The molecule has 0 saturated carbocycles. The number of nitrogens with one attached hydrogen (secondary N) is 2. The monoisotopic (exact) mass is 291 g/mol. The molecule has 110 valence electrons. The normalized spacial score (nSPS) is 10.2. The number of amides is 2. The molecule has 2 amide bonds. The van der Waals surface area contributed by atoms with Crippen molar-refractivity contribution in [2.45, 2.75) is 13.3 Å². The SMILES string of the molecule is Cc1cc(NC(=O)CCNC(=O)c2ccccc2F)no1. The van der Waals surface area contributed by atoms with Gasteiger partial charge in [0.15, 0.2) is 5.82 Å². The van der Waals surface area contributed by atoms with Crippen molar-refractivity contribution in [3.8, 4) is 0 Å². The summed E-state index contributed by atoms with van der Waals surface area (Å²) in [6.07, 6.45) is 0.0477. The third-order valence-corrected chi connectivity index (χ3v) is 2.65. The fourth-order valence-corrected chi connectivity index (χ4v) is 1.66. The molecular weight excluding hydrogens is 277 g/mol. The maximum absolute atomic E-state index is 13.4. The van der Waals surface area contributed by atoms with Gasteiger partial charge in [0.25, 0.3) is 5.91 Å². The molecule has 0 atom stereocenters. The molecule has 0 spiro atoms. The van der Waals surface area contributed by atoms with Gasteiger partial charge in [-0.1, -0.05) is 17.3 Å². The Balaban J connectivity index is 1.77. The quantitative estimate of drug-likeness (QED) is 0.881. The van der Waals surface area contributed by atoms with Crippen molar-refractivity contribution in [2.75, 3.05) is 11.9 Å². The average Bonchev–Trinajstić information content (AvgIpc) is 2.84. The number of benzene rings is 1. The highest BCUT2D eigenvalue weighted by molar-refractivity contribution is 5.95. The topological polar surface area (TPSA) is 84.2 Å². The van der Waals surface area contributed by atoms with Gasteiger partial charge in [0.1, 0.15) is 11.6 Å². The average molecular weight is 291 g/mol. The molecule has 2 aromatic rings. The number of hydrogen-bond acceptors (Lipinski definition) is 4. The van der Waals surface area contributed by atoms with Gasteiger partial charge in [-0.2, -0.15) is 0 Å². The predicted molar refractivity (Wildman–Crippen MR) is 73.2 cm³/mol. The molecule has 0 radical (unpaired) electrons. The molecular formula is C14H14FN3O3. The van der Waals surface area contributed by atoms with Gasteiger partial charge in [-0.05, 0) is 19.1 Å². The molecule has 21 heavy (non-hydrogen) atoms. The van der Waals surface area contributed by atoms with Crippen LogP contribution in [0.5, 0.6) is 0 Å². The van der Waals surface area contributed by atoms with Gasteiger partial charge in [0, 0.05) is 19.0 Å². The summed E-state index contributed by atoms with van der Waals surface area (Å²) in [6, 6.07) is 7.23. The summed E-state index contributed by atoms with van der Waals surface area (Å²) in [4.78, 5) is 23.3. The highest BCUT2D eigenvalue weighted by Gasteiger charge is 2.11. The van der Waals surface area contributed by atoms with Gasteiger partial charge >= 0.3 is 0 Å². The Hall–Kier alpha value is -2.70. The molecule has 0 bridgehead atoms. The van der Waals surface area contributed by atoms with Crippen molar-refractivity contribution in [3.05, 3.63) is 47.5 Å². The molecule has 7 heteroatoms. The molecule has 0 saturated heterocycles. The van der Waals surface area contributed by atoms with Crippen molar-refractivity contribution < 1.29 is 18.5 Å². The third-order valence-electron chi connectivity index (χ3n) is 2.65. The van der Waals surface area contributed by atoms with Gasteiger partial charge in [0.05, 0.1) is 5.56 Å². The Morgan fingerprint density at radius 1 is 1.33 bits per heavy atom. The zero-order valence-corrected chi connectivity index (χ0v) is 11.4. The largest absolute Gasteiger partial charge is 0.360 e. The van der Waals surface area contributed by atoms with E-state index >= 15 is 0 Å². The van der Waals surface area contributed by atoms with Crippen molar-refractivity contribution in [3.63, 3.8) is 0 Å². The highest BCUT2D eigenvalue weighted by atomic mass is 19.1. The maximum atomic E-state index is 13.4. The Morgan fingerprint density at radius 2 is 2.10 bits per heavy atom. The molecule has 2 rings (SSSR count). The summed E-state index contributed by atoms with van der Waals surface area (Å²) in [5.41, 5.74) is -0.0509. The van der Waals surface area contributed by atoms with Gasteiger partial charge in [-0.15, -0.1) is 0 Å². The van der Waals surface area contributed by atoms with Crippen LogP contribution in [0.2, 0.25) is 0 Å². The van der Waals surface area contributed by atoms with E-state index in [2.05, 4.69) is 15.8 Å². The first-order chi connectivity index (χ1) is 10.1. The first kappa shape index (κ1) is 14.7. The van der Waals surface area contributed by atoms with Crippen LogP contribution in [-0.2, 0) is 4.79 Å². The molecule has 0 aliphatic heterocycles. The second-order valence-electron chi connectivity index (χ2n) is 4.36. The summed E-state index contributed by atoms with van der Waals surface area (Å²) in [6.45, 7) is 1.80. The van der Waals surface area contributed by atoms with Crippen LogP contribution in [0, 0.1) is 12.7 Å². The summed E-state index contributed by atoms with van der Waals surface area (Å²) in [5, 5.41) is 8.61. The summed E-state index contributed by atoms with van der Waals surface area (Å²) < 4.78 is 18.2. The van der Waals surface area contributed by atoms with Gasteiger partial charge < -0.3 is 15.2 Å². The Bertz CT molecular complexity index is 654. The van der Waals surface area contributed by atoms with Crippen LogP contribution < -0.4 is 10.6 Å². The molecule has 1 aromatic heterocycles. The number of anilines is 1. The summed E-state index contributed by atoms with van der Waals surface area (Å²) in [5.74, 6) is -0.580. The minimum atomic E-state index is -0.600. The van der Waals surface area contributed by atoms with Gasteiger partial charge in [-0.25, -0.2) is 4.39 Å². The van der Waals surface area contributed by atoms with E-state index in [0.717, 1.165) is 0 Å². The lowest BCUT2D eigenvalue weighted by atomic mass is 10.2. The Kier molecular flexibility index (Phi) is 4.65. The molecule has 0 aliphatic carbocycles. The lowest BCUT2D eigenvalue weighted by Crippen LogP contribution is -2.28. The highest BCUT2D eigenvalue weighted by Crippen LogP contribution is 2.07.